The smallest absolute Gasteiger partial charge is 0.310 e. The second-order valence-electron chi connectivity index (χ2n) is 8.50. The van der Waals surface area contributed by atoms with Gasteiger partial charge in [-0.2, -0.15) is 0 Å². The van der Waals surface area contributed by atoms with E-state index in [1.807, 2.05) is 0 Å². The van der Waals surface area contributed by atoms with Crippen LogP contribution in [0.15, 0.2) is 11.1 Å². The third-order valence-corrected chi connectivity index (χ3v) is 7.25. The van der Waals surface area contributed by atoms with Gasteiger partial charge in [0.25, 0.3) is 0 Å². The van der Waals surface area contributed by atoms with Crippen LogP contribution in [-0.4, -0.2) is 48.3 Å². The summed E-state index contributed by atoms with van der Waals surface area (Å²) < 4.78 is 12.0. The summed E-state index contributed by atoms with van der Waals surface area (Å²) in [7, 11) is 0. The maximum Gasteiger partial charge on any atom is 0.310 e. The summed E-state index contributed by atoms with van der Waals surface area (Å²) in [6.45, 7) is 7.72. The van der Waals surface area contributed by atoms with Gasteiger partial charge in [0, 0.05) is 18.4 Å². The Morgan fingerprint density at radius 3 is 2.87 bits per heavy atom. The fourth-order valence-electron chi connectivity index (χ4n) is 5.82. The Bertz CT molecular complexity index is 579. The van der Waals surface area contributed by atoms with Crippen molar-refractivity contribution < 1.29 is 14.3 Å². The first-order valence-electron chi connectivity index (χ1n) is 9.37. The number of hydrogen-bond acceptors (Lipinski definition) is 4. The molecule has 0 aromatic heterocycles. The molecule has 4 heteroatoms. The zero-order valence-corrected chi connectivity index (χ0v) is 14.2. The van der Waals surface area contributed by atoms with Gasteiger partial charge in [-0.1, -0.05) is 11.1 Å². The van der Waals surface area contributed by atoms with Crippen molar-refractivity contribution in [3.8, 4) is 0 Å². The topological polar surface area (TPSA) is 42.1 Å². The third kappa shape index (κ3) is 2.00. The lowest BCUT2D eigenvalue weighted by molar-refractivity contribution is -0.146. The standard InChI is InChI=1S/C19H27NO3/c1-11-5-6-12-14(10-20-7-3-4-8-20)18(21)22-17(12)16-13(11)9-15-19(16,2)23-15/h12,14-17H,3-10H2,1-2H3/t12-,14-,15+,16-,17-,19+/m0/s1. The van der Waals surface area contributed by atoms with Crippen LogP contribution in [0.1, 0.15) is 46.0 Å². The molecule has 126 valence electrons. The van der Waals surface area contributed by atoms with Gasteiger partial charge in [-0.25, -0.2) is 0 Å². The normalized spacial score (nSPS) is 48.8. The summed E-state index contributed by atoms with van der Waals surface area (Å²) in [6, 6.07) is 0. The van der Waals surface area contributed by atoms with Crippen LogP contribution in [0.4, 0.5) is 0 Å². The van der Waals surface area contributed by atoms with Crippen molar-refractivity contribution in [3.63, 3.8) is 0 Å². The van der Waals surface area contributed by atoms with E-state index in [1.165, 1.54) is 18.4 Å². The minimum Gasteiger partial charge on any atom is -0.461 e. The van der Waals surface area contributed by atoms with Crippen LogP contribution in [0.5, 0.6) is 0 Å². The highest BCUT2D eigenvalue weighted by molar-refractivity contribution is 5.76. The van der Waals surface area contributed by atoms with E-state index < -0.39 is 0 Å². The van der Waals surface area contributed by atoms with Crippen molar-refractivity contribution in [2.24, 2.45) is 17.8 Å². The van der Waals surface area contributed by atoms with Crippen molar-refractivity contribution in [1.29, 1.82) is 0 Å². The van der Waals surface area contributed by atoms with E-state index in [9.17, 15) is 4.79 Å². The van der Waals surface area contributed by atoms with Gasteiger partial charge in [0.15, 0.2) is 0 Å². The molecule has 1 saturated carbocycles. The number of hydrogen-bond donors (Lipinski definition) is 0. The highest BCUT2D eigenvalue weighted by atomic mass is 16.6. The van der Waals surface area contributed by atoms with Crippen molar-refractivity contribution >= 4 is 5.97 Å². The first-order valence-corrected chi connectivity index (χ1v) is 9.37. The highest BCUT2D eigenvalue weighted by Gasteiger charge is 2.69. The second-order valence-corrected chi connectivity index (χ2v) is 8.50. The molecule has 2 aliphatic carbocycles. The molecule has 6 atom stereocenters. The molecule has 0 spiro atoms. The Hall–Kier alpha value is -0.870. The summed E-state index contributed by atoms with van der Waals surface area (Å²) in [4.78, 5) is 15.1. The minimum absolute atomic E-state index is 0.0542. The lowest BCUT2D eigenvalue weighted by Crippen LogP contribution is -2.37. The lowest BCUT2D eigenvalue weighted by Gasteiger charge is -2.29. The molecule has 3 aliphatic heterocycles. The molecule has 0 aromatic rings. The van der Waals surface area contributed by atoms with E-state index >= 15 is 0 Å². The van der Waals surface area contributed by atoms with Gasteiger partial charge in [0.05, 0.1) is 12.0 Å². The van der Waals surface area contributed by atoms with Crippen LogP contribution < -0.4 is 0 Å². The molecule has 5 rings (SSSR count). The summed E-state index contributed by atoms with van der Waals surface area (Å²) in [6.07, 6.45) is 6.26. The maximum absolute atomic E-state index is 12.6. The monoisotopic (exact) mass is 317 g/mol. The summed E-state index contributed by atoms with van der Waals surface area (Å²) in [5.74, 6) is 0.818. The van der Waals surface area contributed by atoms with E-state index in [0.29, 0.717) is 17.9 Å². The fraction of sp³-hybridized carbons (Fsp3) is 0.842. The van der Waals surface area contributed by atoms with Gasteiger partial charge >= 0.3 is 5.97 Å². The Morgan fingerprint density at radius 2 is 2.09 bits per heavy atom. The molecule has 23 heavy (non-hydrogen) atoms. The largest absolute Gasteiger partial charge is 0.461 e. The van der Waals surface area contributed by atoms with E-state index in [2.05, 4.69) is 18.7 Å². The zero-order valence-electron chi connectivity index (χ0n) is 14.2. The van der Waals surface area contributed by atoms with Crippen molar-refractivity contribution in [1.82, 2.24) is 4.90 Å². The summed E-state index contributed by atoms with van der Waals surface area (Å²) in [5, 5.41) is 0. The average molecular weight is 317 g/mol. The SMILES string of the molecule is CC1=C2C[C@H]3O[C@@]3(C)[C@@H]2[C@H]2OC(=O)[C@@H](CN3CCCC3)[C@@H]2CC1. The number of rotatable bonds is 2. The number of carbonyl (C=O) groups is 1. The van der Waals surface area contributed by atoms with E-state index in [0.717, 1.165) is 38.9 Å². The van der Waals surface area contributed by atoms with E-state index in [-0.39, 0.29) is 23.6 Å². The number of esters is 1. The fourth-order valence-corrected chi connectivity index (χ4v) is 5.82. The first-order chi connectivity index (χ1) is 11.1. The number of fused-ring (bicyclic) bond motifs is 5. The molecule has 4 nitrogen and oxygen atoms in total. The Morgan fingerprint density at radius 1 is 1.30 bits per heavy atom. The molecule has 0 amide bonds. The Kier molecular flexibility index (Phi) is 3.04. The molecule has 3 saturated heterocycles. The molecule has 3 heterocycles. The van der Waals surface area contributed by atoms with Gasteiger partial charge in [0.1, 0.15) is 11.7 Å². The molecule has 0 N–H and O–H groups in total. The molecule has 4 fully saturated rings. The number of carbonyl (C=O) groups excluding carboxylic acids is 1. The molecule has 0 unspecified atom stereocenters. The number of allylic oxidation sites excluding steroid dienone is 1. The van der Waals surface area contributed by atoms with Gasteiger partial charge < -0.3 is 14.4 Å². The number of likely N-dealkylation sites (tertiary alicyclic amines) is 1. The Balaban J connectivity index is 1.44. The van der Waals surface area contributed by atoms with Gasteiger partial charge in [-0.05, 0) is 59.0 Å². The molecule has 5 aliphatic rings. The van der Waals surface area contributed by atoms with Gasteiger partial charge in [-0.3, -0.25) is 4.79 Å². The zero-order chi connectivity index (χ0) is 15.8. The Labute approximate surface area is 138 Å². The van der Waals surface area contributed by atoms with Crippen molar-refractivity contribution in [2.45, 2.75) is 63.8 Å². The van der Waals surface area contributed by atoms with Crippen LogP contribution in [-0.2, 0) is 14.3 Å². The van der Waals surface area contributed by atoms with Crippen molar-refractivity contribution in [3.05, 3.63) is 11.1 Å². The number of epoxide rings is 1. The van der Waals surface area contributed by atoms with E-state index in [1.54, 1.807) is 5.57 Å². The molecule has 0 bridgehead atoms. The van der Waals surface area contributed by atoms with Crippen LogP contribution in [0.2, 0.25) is 0 Å². The maximum atomic E-state index is 12.6. The number of ether oxygens (including phenoxy) is 2. The average Bonchev–Trinajstić information content (AvgIpc) is 2.86. The molecule has 0 radical (unpaired) electrons. The van der Waals surface area contributed by atoms with Crippen molar-refractivity contribution in [2.75, 3.05) is 19.6 Å². The van der Waals surface area contributed by atoms with Gasteiger partial charge in [-0.15, -0.1) is 0 Å². The first kappa shape index (κ1) is 14.5. The van der Waals surface area contributed by atoms with Gasteiger partial charge in [0.2, 0.25) is 0 Å². The minimum atomic E-state index is -0.0628. The molecular weight excluding hydrogens is 290 g/mol. The van der Waals surface area contributed by atoms with Crippen LogP contribution >= 0.6 is 0 Å². The third-order valence-electron chi connectivity index (χ3n) is 7.25. The predicted molar refractivity (Wildman–Crippen MR) is 85.9 cm³/mol. The summed E-state index contributed by atoms with van der Waals surface area (Å²) in [5.41, 5.74) is 3.02. The molecular formula is C19H27NO3. The highest BCUT2D eigenvalue weighted by Crippen LogP contribution is 2.62. The summed E-state index contributed by atoms with van der Waals surface area (Å²) >= 11 is 0. The lowest BCUT2D eigenvalue weighted by atomic mass is 9.78. The second kappa shape index (κ2) is 4.82. The molecule has 0 aromatic carbocycles. The van der Waals surface area contributed by atoms with Crippen LogP contribution in [0.3, 0.4) is 0 Å². The number of nitrogens with zero attached hydrogens (tertiary/aromatic N) is 1. The van der Waals surface area contributed by atoms with Crippen LogP contribution in [0.25, 0.3) is 0 Å². The predicted octanol–water partition coefficient (Wildman–Crippen LogP) is 2.53. The quantitative estimate of drug-likeness (QED) is 0.446. The van der Waals surface area contributed by atoms with E-state index in [4.69, 9.17) is 9.47 Å². The van der Waals surface area contributed by atoms with Crippen LogP contribution in [0, 0.1) is 17.8 Å².